The summed E-state index contributed by atoms with van der Waals surface area (Å²) in [4.78, 5) is 11.9. The van der Waals surface area contributed by atoms with Crippen LogP contribution in [0, 0.1) is 0 Å². The van der Waals surface area contributed by atoms with E-state index < -0.39 is 0 Å². The van der Waals surface area contributed by atoms with Crippen LogP contribution in [0.3, 0.4) is 0 Å². The molecule has 2 aliphatic rings. The summed E-state index contributed by atoms with van der Waals surface area (Å²) in [6.45, 7) is 3.60. The monoisotopic (exact) mass is 423 g/mol. The standard InChI is InChI=1S/C25H37N5O/c1-4-31-23-12-8-5-9-18(23)17-26-19-13-15-20(16-14-19)27-25-28-22-11-7-6-10-21(22)24(29-25)30(2)3/h5,8-9,12,19-20,26H,4,6-7,10-11,13-17H2,1-3H3,(H,27,28,29). The van der Waals surface area contributed by atoms with E-state index in [0.29, 0.717) is 18.7 Å². The maximum Gasteiger partial charge on any atom is 0.225 e. The van der Waals surface area contributed by atoms with Gasteiger partial charge < -0.3 is 20.3 Å². The molecule has 0 spiro atoms. The van der Waals surface area contributed by atoms with Crippen LogP contribution in [0.1, 0.15) is 62.3 Å². The van der Waals surface area contributed by atoms with Gasteiger partial charge in [-0.05, 0) is 64.4 Å². The van der Waals surface area contributed by atoms with Crippen LogP contribution < -0.4 is 20.3 Å². The smallest absolute Gasteiger partial charge is 0.225 e. The number of ether oxygens (including phenoxy) is 1. The fourth-order valence-electron chi connectivity index (χ4n) is 4.83. The molecule has 6 heteroatoms. The Bertz CT molecular complexity index is 861. The molecule has 2 aliphatic carbocycles. The van der Waals surface area contributed by atoms with Crippen LogP contribution in [0.15, 0.2) is 24.3 Å². The first-order chi connectivity index (χ1) is 15.1. The molecule has 1 heterocycles. The van der Waals surface area contributed by atoms with Crippen molar-refractivity contribution in [2.24, 2.45) is 0 Å². The maximum absolute atomic E-state index is 5.76. The largest absolute Gasteiger partial charge is 0.494 e. The third-order valence-corrected chi connectivity index (χ3v) is 6.50. The molecule has 1 fully saturated rings. The van der Waals surface area contributed by atoms with Crippen molar-refractivity contribution in [1.82, 2.24) is 15.3 Å². The van der Waals surface area contributed by atoms with E-state index >= 15 is 0 Å². The number of rotatable bonds is 8. The van der Waals surface area contributed by atoms with Crippen molar-refractivity contribution in [3.8, 4) is 5.75 Å². The summed E-state index contributed by atoms with van der Waals surface area (Å²) in [6.07, 6.45) is 9.28. The number of nitrogens with one attached hydrogen (secondary N) is 2. The first kappa shape index (κ1) is 21.9. The van der Waals surface area contributed by atoms with Gasteiger partial charge in [0.1, 0.15) is 11.6 Å². The number of fused-ring (bicyclic) bond motifs is 1. The minimum atomic E-state index is 0.449. The van der Waals surface area contributed by atoms with Crippen molar-refractivity contribution >= 4 is 11.8 Å². The summed E-state index contributed by atoms with van der Waals surface area (Å²) < 4.78 is 5.76. The summed E-state index contributed by atoms with van der Waals surface area (Å²) in [5, 5.41) is 7.39. The number of anilines is 2. The number of aryl methyl sites for hydroxylation is 1. The van der Waals surface area contributed by atoms with Crippen molar-refractivity contribution in [2.45, 2.75) is 76.9 Å². The Kier molecular flexibility index (Phi) is 7.28. The highest BCUT2D eigenvalue weighted by Gasteiger charge is 2.24. The van der Waals surface area contributed by atoms with Crippen molar-refractivity contribution in [1.29, 1.82) is 0 Å². The molecular weight excluding hydrogens is 386 g/mol. The molecule has 1 aromatic heterocycles. The quantitative estimate of drug-likeness (QED) is 0.659. The Labute approximate surface area is 186 Å². The Hall–Kier alpha value is -2.34. The summed E-state index contributed by atoms with van der Waals surface area (Å²) in [7, 11) is 4.17. The Morgan fingerprint density at radius 2 is 1.74 bits per heavy atom. The minimum Gasteiger partial charge on any atom is -0.494 e. The first-order valence-corrected chi connectivity index (χ1v) is 11.9. The van der Waals surface area contributed by atoms with Gasteiger partial charge in [0.2, 0.25) is 5.95 Å². The number of hydrogen-bond acceptors (Lipinski definition) is 6. The number of aromatic nitrogens is 2. The average Bonchev–Trinajstić information content (AvgIpc) is 2.79. The van der Waals surface area contributed by atoms with Crippen LogP contribution in [0.2, 0.25) is 0 Å². The molecule has 0 aliphatic heterocycles. The molecule has 0 amide bonds. The second-order valence-corrected chi connectivity index (χ2v) is 9.01. The highest BCUT2D eigenvalue weighted by atomic mass is 16.5. The number of nitrogens with zero attached hydrogens (tertiary/aromatic N) is 3. The highest BCUT2D eigenvalue weighted by Crippen LogP contribution is 2.29. The topological polar surface area (TPSA) is 62.3 Å². The molecular formula is C25H37N5O. The molecule has 4 rings (SSSR count). The Morgan fingerprint density at radius 1 is 1.00 bits per heavy atom. The van der Waals surface area contributed by atoms with Gasteiger partial charge in [0.25, 0.3) is 0 Å². The van der Waals surface area contributed by atoms with Gasteiger partial charge in [-0.1, -0.05) is 18.2 Å². The van der Waals surface area contributed by atoms with Crippen LogP contribution >= 0.6 is 0 Å². The molecule has 0 unspecified atom stereocenters. The van der Waals surface area contributed by atoms with Crippen molar-refractivity contribution in [3.05, 3.63) is 41.1 Å². The molecule has 2 aromatic rings. The SMILES string of the molecule is CCOc1ccccc1CNC1CCC(Nc2nc3c(c(N(C)C)n2)CCCC3)CC1. The third-order valence-electron chi connectivity index (χ3n) is 6.50. The lowest BCUT2D eigenvalue weighted by Gasteiger charge is -2.31. The lowest BCUT2D eigenvalue weighted by molar-refractivity contribution is 0.327. The van der Waals surface area contributed by atoms with Crippen LogP contribution in [0.5, 0.6) is 5.75 Å². The van der Waals surface area contributed by atoms with Crippen LogP contribution in [-0.4, -0.2) is 42.8 Å². The van der Waals surface area contributed by atoms with Crippen LogP contribution in [0.25, 0.3) is 0 Å². The van der Waals surface area contributed by atoms with Crippen LogP contribution in [0.4, 0.5) is 11.8 Å². The zero-order chi connectivity index (χ0) is 21.6. The lowest BCUT2D eigenvalue weighted by Crippen LogP contribution is -2.37. The predicted molar refractivity (Wildman–Crippen MR) is 127 cm³/mol. The average molecular weight is 424 g/mol. The molecule has 0 radical (unpaired) electrons. The molecule has 0 bridgehead atoms. The number of benzene rings is 1. The van der Waals surface area contributed by atoms with Gasteiger partial charge in [0, 0.05) is 43.9 Å². The summed E-state index contributed by atoms with van der Waals surface area (Å²) in [6, 6.07) is 9.33. The zero-order valence-corrected chi connectivity index (χ0v) is 19.3. The molecule has 1 aromatic carbocycles. The summed E-state index contributed by atoms with van der Waals surface area (Å²) in [5.41, 5.74) is 3.83. The lowest BCUT2D eigenvalue weighted by atomic mass is 9.91. The van der Waals surface area contributed by atoms with E-state index in [1.54, 1.807) is 0 Å². The Balaban J connectivity index is 1.31. The number of para-hydroxylation sites is 1. The minimum absolute atomic E-state index is 0.449. The van der Waals surface area contributed by atoms with Crippen molar-refractivity contribution in [2.75, 3.05) is 30.9 Å². The van der Waals surface area contributed by atoms with E-state index in [1.807, 2.05) is 13.0 Å². The predicted octanol–water partition coefficient (Wildman–Crippen LogP) is 4.33. The van der Waals surface area contributed by atoms with E-state index in [1.165, 1.54) is 42.5 Å². The van der Waals surface area contributed by atoms with Gasteiger partial charge in [-0.3, -0.25) is 0 Å². The van der Waals surface area contributed by atoms with E-state index in [0.717, 1.165) is 49.7 Å². The van der Waals surface area contributed by atoms with E-state index in [2.05, 4.69) is 47.8 Å². The van der Waals surface area contributed by atoms with Gasteiger partial charge in [-0.25, -0.2) is 4.98 Å². The molecule has 2 N–H and O–H groups in total. The third kappa shape index (κ3) is 5.48. The molecule has 0 atom stereocenters. The maximum atomic E-state index is 5.76. The molecule has 6 nitrogen and oxygen atoms in total. The first-order valence-electron chi connectivity index (χ1n) is 11.9. The second-order valence-electron chi connectivity index (χ2n) is 9.01. The summed E-state index contributed by atoms with van der Waals surface area (Å²) >= 11 is 0. The second kappa shape index (κ2) is 10.3. The van der Waals surface area contributed by atoms with Gasteiger partial charge in [-0.15, -0.1) is 0 Å². The highest BCUT2D eigenvalue weighted by molar-refractivity contribution is 5.53. The summed E-state index contributed by atoms with van der Waals surface area (Å²) in [5.74, 6) is 2.90. The zero-order valence-electron chi connectivity index (χ0n) is 19.3. The van der Waals surface area contributed by atoms with E-state index in [4.69, 9.17) is 14.7 Å². The normalized spacial score (nSPS) is 20.7. The van der Waals surface area contributed by atoms with Gasteiger partial charge in [0.05, 0.1) is 12.3 Å². The molecule has 0 saturated heterocycles. The molecule has 1 saturated carbocycles. The van der Waals surface area contributed by atoms with E-state index in [-0.39, 0.29) is 0 Å². The van der Waals surface area contributed by atoms with Gasteiger partial charge in [-0.2, -0.15) is 4.98 Å². The van der Waals surface area contributed by atoms with Gasteiger partial charge in [0.15, 0.2) is 0 Å². The van der Waals surface area contributed by atoms with Crippen molar-refractivity contribution < 1.29 is 4.74 Å². The Morgan fingerprint density at radius 3 is 2.52 bits per heavy atom. The fraction of sp³-hybridized carbons (Fsp3) is 0.600. The molecule has 168 valence electrons. The molecule has 31 heavy (non-hydrogen) atoms. The van der Waals surface area contributed by atoms with Crippen LogP contribution in [-0.2, 0) is 19.4 Å². The van der Waals surface area contributed by atoms with E-state index in [9.17, 15) is 0 Å². The number of hydrogen-bond donors (Lipinski definition) is 2. The van der Waals surface area contributed by atoms with Crippen molar-refractivity contribution in [3.63, 3.8) is 0 Å². The van der Waals surface area contributed by atoms with Gasteiger partial charge >= 0.3 is 0 Å². The fourth-order valence-corrected chi connectivity index (χ4v) is 4.83.